The van der Waals surface area contributed by atoms with Gasteiger partial charge in [-0.1, -0.05) is 33.6 Å². The standard InChI is InChI=1S/C12H16BrClO2/c1-15-6-2-3-7-16-12-5-4-10(9-13)8-11(12)14/h4-5,8H,2-3,6-7,9H2,1H3. The SMILES string of the molecule is COCCCCOc1ccc(CBr)cc1Cl. The normalized spacial score (nSPS) is 10.4. The third-order valence-electron chi connectivity index (χ3n) is 2.15. The average Bonchev–Trinajstić information content (AvgIpc) is 2.30. The van der Waals surface area contributed by atoms with Crippen LogP contribution >= 0.6 is 27.5 Å². The lowest BCUT2D eigenvalue weighted by molar-refractivity contribution is 0.184. The molecule has 0 amide bonds. The van der Waals surface area contributed by atoms with Crippen LogP contribution in [0.4, 0.5) is 0 Å². The van der Waals surface area contributed by atoms with Crippen molar-refractivity contribution in [3.63, 3.8) is 0 Å². The van der Waals surface area contributed by atoms with Crippen LogP contribution in [0.15, 0.2) is 18.2 Å². The number of rotatable bonds is 7. The van der Waals surface area contributed by atoms with Gasteiger partial charge in [0.25, 0.3) is 0 Å². The molecule has 2 nitrogen and oxygen atoms in total. The van der Waals surface area contributed by atoms with Crippen LogP contribution in [0.1, 0.15) is 18.4 Å². The molecule has 90 valence electrons. The van der Waals surface area contributed by atoms with Gasteiger partial charge in [-0.15, -0.1) is 0 Å². The Bertz CT molecular complexity index is 318. The summed E-state index contributed by atoms with van der Waals surface area (Å²) in [5.74, 6) is 0.754. The van der Waals surface area contributed by atoms with Crippen molar-refractivity contribution in [2.24, 2.45) is 0 Å². The van der Waals surface area contributed by atoms with Crippen LogP contribution in [0, 0.1) is 0 Å². The summed E-state index contributed by atoms with van der Waals surface area (Å²) >= 11 is 9.46. The van der Waals surface area contributed by atoms with E-state index in [2.05, 4.69) is 15.9 Å². The Morgan fingerprint density at radius 1 is 1.25 bits per heavy atom. The van der Waals surface area contributed by atoms with E-state index in [1.54, 1.807) is 7.11 Å². The fourth-order valence-electron chi connectivity index (χ4n) is 1.28. The van der Waals surface area contributed by atoms with Gasteiger partial charge in [0.05, 0.1) is 11.6 Å². The maximum absolute atomic E-state index is 6.08. The maximum Gasteiger partial charge on any atom is 0.137 e. The monoisotopic (exact) mass is 306 g/mol. The fraction of sp³-hybridized carbons (Fsp3) is 0.500. The Balaban J connectivity index is 2.36. The van der Waals surface area contributed by atoms with Crippen LogP contribution in [0.25, 0.3) is 0 Å². The zero-order valence-electron chi connectivity index (χ0n) is 9.34. The molecule has 1 aromatic rings. The van der Waals surface area contributed by atoms with E-state index >= 15 is 0 Å². The van der Waals surface area contributed by atoms with Crippen LogP contribution in [0.3, 0.4) is 0 Å². The number of unbranched alkanes of at least 4 members (excludes halogenated alkanes) is 1. The smallest absolute Gasteiger partial charge is 0.137 e. The largest absolute Gasteiger partial charge is 0.492 e. The quantitative estimate of drug-likeness (QED) is 0.559. The molecule has 0 unspecified atom stereocenters. The summed E-state index contributed by atoms with van der Waals surface area (Å²) in [4.78, 5) is 0. The third kappa shape index (κ3) is 4.73. The number of ether oxygens (including phenoxy) is 2. The van der Waals surface area contributed by atoms with Crippen molar-refractivity contribution in [1.82, 2.24) is 0 Å². The highest BCUT2D eigenvalue weighted by atomic mass is 79.9. The van der Waals surface area contributed by atoms with Gasteiger partial charge in [0.1, 0.15) is 5.75 Å². The number of hydrogen-bond acceptors (Lipinski definition) is 2. The number of benzene rings is 1. The van der Waals surface area contributed by atoms with E-state index in [1.807, 2.05) is 18.2 Å². The van der Waals surface area contributed by atoms with E-state index in [4.69, 9.17) is 21.1 Å². The summed E-state index contributed by atoms with van der Waals surface area (Å²) < 4.78 is 10.5. The van der Waals surface area contributed by atoms with Gasteiger partial charge in [0.2, 0.25) is 0 Å². The summed E-state index contributed by atoms with van der Waals surface area (Å²) in [5, 5.41) is 1.48. The molecule has 0 atom stereocenters. The van der Waals surface area contributed by atoms with Crippen LogP contribution in [-0.4, -0.2) is 20.3 Å². The van der Waals surface area contributed by atoms with E-state index in [0.717, 1.165) is 36.1 Å². The Morgan fingerprint density at radius 3 is 2.62 bits per heavy atom. The van der Waals surface area contributed by atoms with Crippen LogP contribution < -0.4 is 4.74 Å². The highest BCUT2D eigenvalue weighted by Gasteiger charge is 2.02. The van der Waals surface area contributed by atoms with Gasteiger partial charge in [-0.2, -0.15) is 0 Å². The zero-order chi connectivity index (χ0) is 11.8. The minimum Gasteiger partial charge on any atom is -0.492 e. The van der Waals surface area contributed by atoms with Crippen molar-refractivity contribution in [3.05, 3.63) is 28.8 Å². The number of halogens is 2. The molecule has 16 heavy (non-hydrogen) atoms. The molecule has 0 bridgehead atoms. The summed E-state index contributed by atoms with van der Waals surface area (Å²) in [5.41, 5.74) is 1.15. The Hall–Kier alpha value is -0.250. The molecule has 1 aromatic carbocycles. The van der Waals surface area contributed by atoms with Gasteiger partial charge in [0, 0.05) is 19.0 Å². The van der Waals surface area contributed by atoms with E-state index in [9.17, 15) is 0 Å². The molecule has 0 radical (unpaired) electrons. The first-order valence-electron chi connectivity index (χ1n) is 5.24. The van der Waals surface area contributed by atoms with Gasteiger partial charge >= 0.3 is 0 Å². The fourth-order valence-corrected chi connectivity index (χ4v) is 1.88. The zero-order valence-corrected chi connectivity index (χ0v) is 11.7. The molecule has 0 saturated heterocycles. The van der Waals surface area contributed by atoms with Crippen molar-refractivity contribution < 1.29 is 9.47 Å². The minimum absolute atomic E-state index is 0.670. The molecule has 0 N–H and O–H groups in total. The minimum atomic E-state index is 0.670. The molecule has 4 heteroatoms. The molecule has 0 spiro atoms. The number of hydrogen-bond donors (Lipinski definition) is 0. The molecule has 0 aliphatic rings. The van der Waals surface area contributed by atoms with Crippen LogP contribution in [0.5, 0.6) is 5.75 Å². The lowest BCUT2D eigenvalue weighted by Crippen LogP contribution is -2.00. The van der Waals surface area contributed by atoms with Gasteiger partial charge < -0.3 is 9.47 Å². The van der Waals surface area contributed by atoms with Crippen molar-refractivity contribution >= 4 is 27.5 Å². The Kier molecular flexibility index (Phi) is 6.85. The number of methoxy groups -OCH3 is 1. The van der Waals surface area contributed by atoms with Gasteiger partial charge in [0.15, 0.2) is 0 Å². The van der Waals surface area contributed by atoms with Crippen molar-refractivity contribution in [2.75, 3.05) is 20.3 Å². The Morgan fingerprint density at radius 2 is 2.00 bits per heavy atom. The number of alkyl halides is 1. The highest BCUT2D eigenvalue weighted by molar-refractivity contribution is 9.08. The summed E-state index contributed by atoms with van der Waals surface area (Å²) in [7, 11) is 1.71. The first-order valence-corrected chi connectivity index (χ1v) is 6.74. The highest BCUT2D eigenvalue weighted by Crippen LogP contribution is 2.26. The van der Waals surface area contributed by atoms with Crippen molar-refractivity contribution in [2.45, 2.75) is 18.2 Å². The molecule has 1 rings (SSSR count). The Labute approximate surface area is 110 Å². The third-order valence-corrected chi connectivity index (χ3v) is 3.09. The molecule has 0 aliphatic heterocycles. The van der Waals surface area contributed by atoms with Gasteiger partial charge in [-0.3, -0.25) is 0 Å². The second-order valence-electron chi connectivity index (χ2n) is 3.45. The van der Waals surface area contributed by atoms with Crippen LogP contribution in [-0.2, 0) is 10.1 Å². The second-order valence-corrected chi connectivity index (χ2v) is 4.41. The van der Waals surface area contributed by atoms with E-state index in [1.165, 1.54) is 0 Å². The molecule has 0 aliphatic carbocycles. The molecule has 0 heterocycles. The molecule has 0 saturated carbocycles. The molecule has 0 fully saturated rings. The second kappa shape index (κ2) is 7.93. The van der Waals surface area contributed by atoms with E-state index < -0.39 is 0 Å². The van der Waals surface area contributed by atoms with Crippen molar-refractivity contribution in [3.8, 4) is 5.75 Å². The predicted octanol–water partition coefficient (Wildman–Crippen LogP) is 4.04. The predicted molar refractivity (Wildman–Crippen MR) is 70.7 cm³/mol. The van der Waals surface area contributed by atoms with E-state index in [-0.39, 0.29) is 0 Å². The van der Waals surface area contributed by atoms with E-state index in [0.29, 0.717) is 11.6 Å². The van der Waals surface area contributed by atoms with Crippen molar-refractivity contribution in [1.29, 1.82) is 0 Å². The average molecular weight is 308 g/mol. The maximum atomic E-state index is 6.08. The first kappa shape index (κ1) is 13.8. The van der Waals surface area contributed by atoms with Gasteiger partial charge in [-0.05, 0) is 30.5 Å². The first-order chi connectivity index (χ1) is 7.77. The molecular weight excluding hydrogens is 291 g/mol. The topological polar surface area (TPSA) is 18.5 Å². The summed E-state index contributed by atoms with van der Waals surface area (Å²) in [6.45, 7) is 1.45. The van der Waals surface area contributed by atoms with Gasteiger partial charge in [-0.25, -0.2) is 0 Å². The van der Waals surface area contributed by atoms with Crippen LogP contribution in [0.2, 0.25) is 5.02 Å². The lowest BCUT2D eigenvalue weighted by Gasteiger charge is -2.08. The summed E-state index contributed by atoms with van der Waals surface area (Å²) in [6, 6.07) is 5.83. The molecule has 0 aromatic heterocycles. The molecular formula is C12H16BrClO2. The summed E-state index contributed by atoms with van der Waals surface area (Å²) in [6.07, 6.45) is 1.98. The lowest BCUT2D eigenvalue weighted by atomic mass is 10.2.